The number of fused-ring (bicyclic) bond motifs is 1. The van der Waals surface area contributed by atoms with E-state index < -0.39 is 16.1 Å². The fourth-order valence-electron chi connectivity index (χ4n) is 3.24. The minimum Gasteiger partial charge on any atom is -0.619 e. The molecule has 1 aliphatic rings. The molecule has 0 saturated heterocycles. The molecule has 1 aromatic heterocycles. The summed E-state index contributed by atoms with van der Waals surface area (Å²) >= 11 is 11.8. The van der Waals surface area contributed by atoms with Crippen molar-refractivity contribution in [2.75, 3.05) is 16.8 Å². The number of hydrogen-bond donors (Lipinski definition) is 1. The summed E-state index contributed by atoms with van der Waals surface area (Å²) in [5.74, 6) is 0. The average Bonchev–Trinajstić information content (AvgIpc) is 3.10. The van der Waals surface area contributed by atoms with Crippen LogP contribution in [0.5, 0.6) is 0 Å². The van der Waals surface area contributed by atoms with Crippen LogP contribution in [0.15, 0.2) is 65.8 Å². The number of nitrogens with zero attached hydrogens (tertiary/aromatic N) is 3. The monoisotopic (exact) mass is 477 g/mol. The van der Waals surface area contributed by atoms with Crippen LogP contribution in [0, 0.1) is 5.21 Å². The van der Waals surface area contributed by atoms with Crippen LogP contribution in [0.4, 0.5) is 21.9 Å². The Labute approximate surface area is 188 Å². The Kier molecular flexibility index (Phi) is 5.65. The quantitative estimate of drug-likeness (QED) is 0.454. The molecule has 2 amide bonds. The molecule has 4 rings (SSSR count). The van der Waals surface area contributed by atoms with Crippen LogP contribution in [0.3, 0.4) is 0 Å². The number of nitrogens with one attached hydrogen (secondary N) is 1. The van der Waals surface area contributed by atoms with E-state index >= 15 is 0 Å². The molecule has 0 saturated carbocycles. The molecule has 0 fully saturated rings. The molecular formula is C20H15Cl2N4O4S. The van der Waals surface area contributed by atoms with Crippen molar-refractivity contribution in [1.82, 2.24) is 4.72 Å². The summed E-state index contributed by atoms with van der Waals surface area (Å²) in [5.41, 5.74) is 2.02. The standard InChI is InChI=1S/C20H15Cl2N4O4S/c21-14-9-15(22)11-18(10-14)31(29,30)24-16-3-4-19-13(8-16)5-7-26(19)20(27)23-17-2-1-6-25(28)12-17/h1-4,6,8-12H,5,7H2,(H,23,27). The molecule has 0 spiro atoms. The Morgan fingerprint density at radius 3 is 2.58 bits per heavy atom. The third-order valence-electron chi connectivity index (χ3n) is 4.59. The van der Waals surface area contributed by atoms with Gasteiger partial charge in [0.05, 0.1) is 10.6 Å². The molecule has 1 aliphatic heterocycles. The number of anilines is 2. The number of benzene rings is 2. The second-order valence-electron chi connectivity index (χ2n) is 6.77. The Morgan fingerprint density at radius 2 is 1.87 bits per heavy atom. The lowest BCUT2D eigenvalue weighted by Crippen LogP contribution is -2.34. The number of amides is 2. The Morgan fingerprint density at radius 1 is 1.13 bits per heavy atom. The van der Waals surface area contributed by atoms with E-state index in [0.717, 1.165) is 5.56 Å². The second-order valence-corrected chi connectivity index (χ2v) is 9.25. The highest BCUT2D eigenvalue weighted by Crippen LogP contribution is 2.32. The number of carbonyl (C=O) groups excluding carboxylic acids is 1. The number of rotatable bonds is 4. The molecule has 3 aromatic rings. The molecule has 0 unspecified atom stereocenters. The van der Waals surface area contributed by atoms with Gasteiger partial charge in [-0.25, -0.2) is 4.79 Å². The van der Waals surface area contributed by atoms with E-state index in [-0.39, 0.29) is 20.6 Å². The van der Waals surface area contributed by atoms with Crippen molar-refractivity contribution in [3.8, 4) is 0 Å². The van der Waals surface area contributed by atoms with Gasteiger partial charge in [0.15, 0.2) is 6.20 Å². The number of urea groups is 1. The number of halogens is 2. The van der Waals surface area contributed by atoms with E-state index in [4.69, 9.17) is 23.2 Å². The van der Waals surface area contributed by atoms with Crippen molar-refractivity contribution in [2.45, 2.75) is 11.3 Å². The number of carbonyl (C=O) groups is 1. The van der Waals surface area contributed by atoms with Gasteiger partial charge in [0.25, 0.3) is 10.0 Å². The fourth-order valence-corrected chi connectivity index (χ4v) is 4.95. The third kappa shape index (κ3) is 4.68. The van der Waals surface area contributed by atoms with Crippen LogP contribution in [0.25, 0.3) is 0 Å². The Balaban J connectivity index is 1.52. The summed E-state index contributed by atoms with van der Waals surface area (Å²) in [6, 6.07) is 11.5. The molecule has 8 nitrogen and oxygen atoms in total. The molecule has 1 radical (unpaired) electrons. The van der Waals surface area contributed by atoms with Crippen molar-refractivity contribution >= 4 is 56.3 Å². The summed E-state index contributed by atoms with van der Waals surface area (Å²) in [6.45, 7) is 0.408. The van der Waals surface area contributed by atoms with Gasteiger partial charge < -0.3 is 10.5 Å². The van der Waals surface area contributed by atoms with Crippen LogP contribution in [0.1, 0.15) is 5.56 Å². The highest BCUT2D eigenvalue weighted by Gasteiger charge is 2.26. The van der Waals surface area contributed by atoms with E-state index in [1.54, 1.807) is 18.2 Å². The smallest absolute Gasteiger partial charge is 0.326 e. The Bertz CT molecular complexity index is 1260. The molecule has 2 heterocycles. The Hall–Kier alpha value is -3.01. The molecule has 1 N–H and O–H groups in total. The molecule has 0 aliphatic carbocycles. The van der Waals surface area contributed by atoms with Crippen LogP contribution >= 0.6 is 23.2 Å². The first-order valence-electron chi connectivity index (χ1n) is 9.06. The predicted octanol–water partition coefficient (Wildman–Crippen LogP) is 3.85. The minimum atomic E-state index is -4.02. The van der Waals surface area contributed by atoms with Gasteiger partial charge in [-0.05, 0) is 54.4 Å². The zero-order valence-electron chi connectivity index (χ0n) is 15.8. The van der Waals surface area contributed by atoms with Gasteiger partial charge in [0, 0.05) is 28.3 Å². The van der Waals surface area contributed by atoms with Gasteiger partial charge in [-0.2, -0.15) is 17.9 Å². The van der Waals surface area contributed by atoms with E-state index in [2.05, 4.69) is 10.0 Å². The minimum absolute atomic E-state index is 0.107. The van der Waals surface area contributed by atoms with Crippen molar-refractivity contribution in [3.05, 3.63) is 81.7 Å². The zero-order valence-corrected chi connectivity index (χ0v) is 18.2. The first-order valence-corrected chi connectivity index (χ1v) is 11.3. The molecule has 0 atom stereocenters. The summed E-state index contributed by atoms with van der Waals surface area (Å²) in [5, 5.41) is 14.4. The van der Waals surface area contributed by atoms with Crippen LogP contribution in [-0.4, -0.2) is 21.0 Å². The van der Waals surface area contributed by atoms with Crippen molar-refractivity contribution in [2.24, 2.45) is 0 Å². The molecule has 11 heteroatoms. The third-order valence-corrected chi connectivity index (χ3v) is 6.31. The van der Waals surface area contributed by atoms with Crippen LogP contribution < -0.4 is 19.7 Å². The first kappa shape index (κ1) is 21.2. The van der Waals surface area contributed by atoms with E-state index in [1.165, 1.54) is 47.6 Å². The van der Waals surface area contributed by atoms with E-state index in [9.17, 15) is 18.4 Å². The lowest BCUT2D eigenvalue weighted by molar-refractivity contribution is -0.604. The van der Waals surface area contributed by atoms with Crippen LogP contribution in [0.2, 0.25) is 10.0 Å². The normalized spacial score (nSPS) is 13.0. The number of sulfonamides is 1. The van der Waals surface area contributed by atoms with Gasteiger partial charge in [0.2, 0.25) is 6.20 Å². The second kappa shape index (κ2) is 8.26. The molecule has 2 aromatic carbocycles. The van der Waals surface area contributed by atoms with Crippen LogP contribution in [-0.2, 0) is 16.4 Å². The highest BCUT2D eigenvalue weighted by molar-refractivity contribution is 7.89. The topological polar surface area (TPSA) is 108 Å². The van der Waals surface area contributed by atoms with Gasteiger partial charge in [-0.15, -0.1) is 0 Å². The maximum Gasteiger partial charge on any atom is 0.326 e. The summed E-state index contributed by atoms with van der Waals surface area (Å²) in [7, 11) is -4.02. The average molecular weight is 478 g/mol. The predicted molar refractivity (Wildman–Crippen MR) is 117 cm³/mol. The van der Waals surface area contributed by atoms with Crippen molar-refractivity contribution < 1.29 is 17.9 Å². The van der Waals surface area contributed by atoms with Gasteiger partial charge >= 0.3 is 6.03 Å². The van der Waals surface area contributed by atoms with Gasteiger partial charge in [-0.3, -0.25) is 4.90 Å². The molecular weight excluding hydrogens is 463 g/mol. The summed E-state index contributed by atoms with van der Waals surface area (Å²) < 4.78 is 29.7. The van der Waals surface area contributed by atoms with Crippen molar-refractivity contribution in [3.63, 3.8) is 0 Å². The summed E-state index contributed by atoms with van der Waals surface area (Å²) in [4.78, 5) is 14.0. The van der Waals surface area contributed by atoms with E-state index in [1.807, 2.05) is 0 Å². The fraction of sp³-hybridized carbons (Fsp3) is 0.100. The lowest BCUT2D eigenvalue weighted by atomic mass is 10.1. The number of hydrogen-bond acceptors (Lipinski definition) is 4. The van der Waals surface area contributed by atoms with Gasteiger partial charge in [0.1, 0.15) is 5.69 Å². The maximum absolute atomic E-state index is 12.6. The molecule has 31 heavy (non-hydrogen) atoms. The van der Waals surface area contributed by atoms with Crippen molar-refractivity contribution in [1.29, 1.82) is 0 Å². The SMILES string of the molecule is O=C(Nc1ccc[n+]([O-])c1)N1CCc2cc([N]S(=O)(=O)c3cc(Cl)cc(Cl)c3)ccc21. The number of pyridine rings is 1. The largest absolute Gasteiger partial charge is 0.619 e. The highest BCUT2D eigenvalue weighted by atomic mass is 35.5. The van der Waals surface area contributed by atoms with E-state index in [0.29, 0.717) is 29.1 Å². The zero-order chi connectivity index (χ0) is 22.2. The van der Waals surface area contributed by atoms with Gasteiger partial charge in [-0.1, -0.05) is 23.2 Å². The number of aromatic nitrogens is 1. The molecule has 159 valence electrons. The summed E-state index contributed by atoms with van der Waals surface area (Å²) in [6.07, 6.45) is 3.10. The lowest BCUT2D eigenvalue weighted by Gasteiger charge is -2.18. The maximum atomic E-state index is 12.6. The first-order chi connectivity index (χ1) is 14.7. The molecule has 0 bridgehead atoms.